The molecule has 2 amide bonds. The first-order valence-corrected chi connectivity index (χ1v) is 8.34. The summed E-state index contributed by atoms with van der Waals surface area (Å²) in [4.78, 5) is 31.0. The normalized spacial score (nSPS) is 18.9. The van der Waals surface area contributed by atoms with Crippen molar-refractivity contribution in [3.8, 4) is 0 Å². The number of carbonyl (C=O) groups is 2. The monoisotopic (exact) mass is 351 g/mol. The standard InChI is InChI=1S/C19H17N3O4/c23-18(16-12-17(26-21-16)13-5-2-1-3-6-13)20-14-7-4-8-15(11-14)22-9-10-25-19(22)24/h1-8,11,17H,9-10,12H2,(H,20,23). The lowest BCUT2D eigenvalue weighted by molar-refractivity contribution is -0.110. The summed E-state index contributed by atoms with van der Waals surface area (Å²) in [6.07, 6.45) is -0.219. The van der Waals surface area contributed by atoms with Crippen molar-refractivity contribution in [2.24, 2.45) is 5.16 Å². The highest BCUT2D eigenvalue weighted by Crippen LogP contribution is 2.28. The predicted octanol–water partition coefficient (Wildman–Crippen LogP) is 3.10. The second-order valence-electron chi connectivity index (χ2n) is 6.02. The summed E-state index contributed by atoms with van der Waals surface area (Å²) in [5, 5.41) is 6.73. The molecule has 2 aromatic rings. The van der Waals surface area contributed by atoms with E-state index in [0.717, 1.165) is 5.56 Å². The van der Waals surface area contributed by atoms with Crippen LogP contribution in [0, 0.1) is 0 Å². The summed E-state index contributed by atoms with van der Waals surface area (Å²) in [6.45, 7) is 0.861. The molecule has 7 nitrogen and oxygen atoms in total. The highest BCUT2D eigenvalue weighted by atomic mass is 16.6. The van der Waals surface area contributed by atoms with Crippen molar-refractivity contribution in [1.82, 2.24) is 0 Å². The molecule has 0 radical (unpaired) electrons. The molecule has 7 heteroatoms. The number of anilines is 2. The molecule has 2 heterocycles. The Morgan fingerprint density at radius 1 is 1.15 bits per heavy atom. The van der Waals surface area contributed by atoms with Crippen molar-refractivity contribution in [3.63, 3.8) is 0 Å². The highest BCUT2D eigenvalue weighted by molar-refractivity contribution is 6.43. The Hall–Kier alpha value is -3.35. The summed E-state index contributed by atoms with van der Waals surface area (Å²) < 4.78 is 4.94. The van der Waals surface area contributed by atoms with E-state index in [1.165, 1.54) is 4.90 Å². The Labute approximate surface area is 150 Å². The number of hydrogen-bond donors (Lipinski definition) is 1. The van der Waals surface area contributed by atoms with Crippen LogP contribution in [0.25, 0.3) is 0 Å². The number of benzene rings is 2. The van der Waals surface area contributed by atoms with E-state index in [2.05, 4.69) is 10.5 Å². The van der Waals surface area contributed by atoms with E-state index < -0.39 is 0 Å². The minimum Gasteiger partial charge on any atom is -0.447 e. The van der Waals surface area contributed by atoms with E-state index in [1.54, 1.807) is 24.3 Å². The largest absolute Gasteiger partial charge is 0.447 e. The first kappa shape index (κ1) is 16.1. The highest BCUT2D eigenvalue weighted by Gasteiger charge is 2.28. The van der Waals surface area contributed by atoms with Crippen molar-refractivity contribution in [2.45, 2.75) is 12.5 Å². The predicted molar refractivity (Wildman–Crippen MR) is 96.1 cm³/mol. The maximum Gasteiger partial charge on any atom is 0.414 e. The van der Waals surface area contributed by atoms with E-state index in [9.17, 15) is 9.59 Å². The molecule has 4 rings (SSSR count). The SMILES string of the molecule is O=C(Nc1cccc(N2CCOC2=O)c1)C1=NOC(c2ccccc2)C1. The van der Waals surface area contributed by atoms with Gasteiger partial charge in [-0.25, -0.2) is 4.79 Å². The maximum atomic E-state index is 12.5. The molecule has 0 saturated carbocycles. The second-order valence-corrected chi connectivity index (χ2v) is 6.02. The van der Waals surface area contributed by atoms with E-state index >= 15 is 0 Å². The molecule has 2 aliphatic rings. The van der Waals surface area contributed by atoms with Crippen LogP contribution in [0.1, 0.15) is 18.1 Å². The van der Waals surface area contributed by atoms with Crippen LogP contribution in [0.2, 0.25) is 0 Å². The average Bonchev–Trinajstić information content (AvgIpc) is 3.32. The van der Waals surface area contributed by atoms with Gasteiger partial charge in [-0.2, -0.15) is 0 Å². The van der Waals surface area contributed by atoms with Crippen LogP contribution in [0.5, 0.6) is 0 Å². The van der Waals surface area contributed by atoms with Gasteiger partial charge in [-0.1, -0.05) is 41.6 Å². The number of hydrogen-bond acceptors (Lipinski definition) is 5. The number of carbonyl (C=O) groups excluding carboxylic acids is 2. The van der Waals surface area contributed by atoms with Crippen molar-refractivity contribution in [1.29, 1.82) is 0 Å². The van der Waals surface area contributed by atoms with Crippen LogP contribution >= 0.6 is 0 Å². The number of nitrogens with one attached hydrogen (secondary N) is 1. The third kappa shape index (κ3) is 3.23. The molecule has 2 aliphatic heterocycles. The summed E-state index contributed by atoms with van der Waals surface area (Å²) in [5.74, 6) is -0.315. The molecule has 2 aromatic carbocycles. The fourth-order valence-electron chi connectivity index (χ4n) is 2.94. The van der Waals surface area contributed by atoms with Crippen LogP contribution in [0.4, 0.5) is 16.2 Å². The Morgan fingerprint density at radius 3 is 2.77 bits per heavy atom. The Bertz CT molecular complexity index is 866. The molecule has 1 fully saturated rings. The number of cyclic esters (lactones) is 1. The third-order valence-electron chi connectivity index (χ3n) is 4.28. The molecule has 1 saturated heterocycles. The number of nitrogens with zero attached hydrogens (tertiary/aromatic N) is 2. The molecule has 1 atom stereocenters. The van der Waals surface area contributed by atoms with Crippen LogP contribution in [0.3, 0.4) is 0 Å². The van der Waals surface area contributed by atoms with Crippen molar-refractivity contribution < 1.29 is 19.2 Å². The van der Waals surface area contributed by atoms with Gasteiger partial charge >= 0.3 is 6.09 Å². The number of rotatable bonds is 4. The maximum absolute atomic E-state index is 12.5. The van der Waals surface area contributed by atoms with Gasteiger partial charge in [0.2, 0.25) is 0 Å². The van der Waals surface area contributed by atoms with Crippen molar-refractivity contribution >= 4 is 29.1 Å². The molecule has 26 heavy (non-hydrogen) atoms. The smallest absolute Gasteiger partial charge is 0.414 e. The van der Waals surface area contributed by atoms with E-state index in [0.29, 0.717) is 36.7 Å². The lowest BCUT2D eigenvalue weighted by Gasteiger charge is -2.14. The molecule has 0 aliphatic carbocycles. The molecule has 132 valence electrons. The first-order valence-electron chi connectivity index (χ1n) is 8.34. The van der Waals surface area contributed by atoms with Crippen LogP contribution in [0.15, 0.2) is 59.8 Å². The Kier molecular flexibility index (Phi) is 4.27. The van der Waals surface area contributed by atoms with Crippen molar-refractivity contribution in [3.05, 3.63) is 60.2 Å². The molecule has 0 bridgehead atoms. The third-order valence-corrected chi connectivity index (χ3v) is 4.28. The number of oxime groups is 1. The minimum atomic E-state index is -0.382. The van der Waals surface area contributed by atoms with Crippen LogP contribution in [-0.4, -0.2) is 30.9 Å². The van der Waals surface area contributed by atoms with Crippen molar-refractivity contribution in [2.75, 3.05) is 23.4 Å². The van der Waals surface area contributed by atoms with Gasteiger partial charge in [0.1, 0.15) is 12.3 Å². The fraction of sp³-hybridized carbons (Fsp3) is 0.211. The van der Waals surface area contributed by atoms with Gasteiger partial charge in [-0.3, -0.25) is 9.69 Å². The summed E-state index contributed by atoms with van der Waals surface area (Å²) in [5.41, 5.74) is 2.58. The van der Waals surface area contributed by atoms with Crippen LogP contribution in [-0.2, 0) is 14.4 Å². The average molecular weight is 351 g/mol. The van der Waals surface area contributed by atoms with Gasteiger partial charge < -0.3 is 14.9 Å². The summed E-state index contributed by atoms with van der Waals surface area (Å²) in [6, 6.07) is 16.7. The quantitative estimate of drug-likeness (QED) is 0.918. The molecular weight excluding hydrogens is 334 g/mol. The second kappa shape index (κ2) is 6.87. The topological polar surface area (TPSA) is 80.2 Å². The lowest BCUT2D eigenvalue weighted by Crippen LogP contribution is -2.24. The fourth-order valence-corrected chi connectivity index (χ4v) is 2.94. The van der Waals surface area contributed by atoms with Crippen LogP contribution < -0.4 is 10.2 Å². The number of ether oxygens (including phenoxy) is 1. The Morgan fingerprint density at radius 2 is 2.00 bits per heavy atom. The lowest BCUT2D eigenvalue weighted by atomic mass is 10.0. The molecular formula is C19H17N3O4. The summed E-state index contributed by atoms with van der Waals surface area (Å²) in [7, 11) is 0. The van der Waals surface area contributed by atoms with Gasteiger partial charge in [-0.05, 0) is 23.8 Å². The molecule has 0 spiro atoms. The summed E-state index contributed by atoms with van der Waals surface area (Å²) >= 11 is 0. The van der Waals surface area contributed by atoms with Gasteiger partial charge in [0.25, 0.3) is 5.91 Å². The van der Waals surface area contributed by atoms with Gasteiger partial charge in [0, 0.05) is 17.8 Å². The zero-order chi connectivity index (χ0) is 17.9. The van der Waals surface area contributed by atoms with Gasteiger partial charge in [-0.15, -0.1) is 0 Å². The number of amides is 2. The minimum absolute atomic E-state index is 0.248. The Balaban J connectivity index is 1.42. The molecule has 1 N–H and O–H groups in total. The first-order chi connectivity index (χ1) is 12.7. The van der Waals surface area contributed by atoms with Gasteiger partial charge in [0.15, 0.2) is 6.10 Å². The molecule has 1 unspecified atom stereocenters. The van der Waals surface area contributed by atoms with E-state index in [4.69, 9.17) is 9.57 Å². The van der Waals surface area contributed by atoms with E-state index in [1.807, 2.05) is 30.3 Å². The zero-order valence-corrected chi connectivity index (χ0v) is 13.9. The van der Waals surface area contributed by atoms with Gasteiger partial charge in [0.05, 0.1) is 6.54 Å². The zero-order valence-electron chi connectivity index (χ0n) is 13.9. The van der Waals surface area contributed by atoms with E-state index in [-0.39, 0.29) is 18.1 Å². The molecule has 0 aromatic heterocycles.